The Bertz CT molecular complexity index is 858. The van der Waals surface area contributed by atoms with Crippen LogP contribution in [-0.2, 0) is 0 Å². The Morgan fingerprint density at radius 3 is 2.76 bits per heavy atom. The molecule has 0 spiro atoms. The molecule has 0 amide bonds. The minimum absolute atomic E-state index is 0.0504. The Morgan fingerprint density at radius 2 is 2.00 bits per heavy atom. The van der Waals surface area contributed by atoms with E-state index in [-0.39, 0.29) is 5.69 Å². The lowest BCUT2D eigenvalue weighted by Crippen LogP contribution is -1.86. The van der Waals surface area contributed by atoms with Gasteiger partial charge in [-0.2, -0.15) is 0 Å². The molecule has 0 radical (unpaired) electrons. The Kier molecular flexibility index (Phi) is 3.68. The van der Waals surface area contributed by atoms with Gasteiger partial charge in [-0.15, -0.1) is 11.3 Å². The van der Waals surface area contributed by atoms with Gasteiger partial charge in [0.1, 0.15) is 5.01 Å². The van der Waals surface area contributed by atoms with Gasteiger partial charge in [-0.1, -0.05) is 35.9 Å². The molecule has 0 N–H and O–H groups in total. The van der Waals surface area contributed by atoms with Crippen molar-refractivity contribution in [3.8, 4) is 0 Å². The predicted molar refractivity (Wildman–Crippen MR) is 86.7 cm³/mol. The predicted octanol–water partition coefficient (Wildman–Crippen LogP) is 5.03. The maximum absolute atomic E-state index is 10.8. The molecule has 0 saturated carbocycles. The Labute approximate surface area is 129 Å². The van der Waals surface area contributed by atoms with Crippen LogP contribution in [0.4, 0.5) is 5.69 Å². The molecule has 0 aliphatic rings. The largest absolute Gasteiger partial charge is 0.271 e. The Balaban J connectivity index is 1.95. The van der Waals surface area contributed by atoms with Crippen LogP contribution in [0, 0.1) is 10.1 Å². The van der Waals surface area contributed by atoms with Crippen molar-refractivity contribution in [3.63, 3.8) is 0 Å². The third kappa shape index (κ3) is 2.94. The van der Waals surface area contributed by atoms with Crippen molar-refractivity contribution in [2.45, 2.75) is 0 Å². The second kappa shape index (κ2) is 5.63. The quantitative estimate of drug-likeness (QED) is 0.503. The van der Waals surface area contributed by atoms with Gasteiger partial charge < -0.3 is 0 Å². The lowest BCUT2D eigenvalue weighted by molar-refractivity contribution is -0.384. The van der Waals surface area contributed by atoms with Crippen LogP contribution in [-0.4, -0.2) is 9.91 Å². The number of nitrogens with zero attached hydrogens (tertiary/aromatic N) is 2. The fourth-order valence-electron chi connectivity index (χ4n) is 1.89. The zero-order valence-electron chi connectivity index (χ0n) is 10.7. The molecule has 0 unspecified atom stereocenters. The number of nitro groups is 1. The first-order chi connectivity index (χ1) is 10.1. The number of fused-ring (bicyclic) bond motifs is 1. The van der Waals surface area contributed by atoms with Crippen LogP contribution in [0.2, 0.25) is 5.02 Å². The van der Waals surface area contributed by atoms with E-state index in [1.165, 1.54) is 23.5 Å². The smallest absolute Gasteiger partial charge is 0.258 e. The first-order valence-corrected chi connectivity index (χ1v) is 7.30. The van der Waals surface area contributed by atoms with Gasteiger partial charge >= 0.3 is 0 Å². The summed E-state index contributed by atoms with van der Waals surface area (Å²) in [4.78, 5) is 14.7. The van der Waals surface area contributed by atoms with Gasteiger partial charge in [0, 0.05) is 17.2 Å². The fraction of sp³-hybridized carbons (Fsp3) is 0. The van der Waals surface area contributed by atoms with Gasteiger partial charge in [0.05, 0.1) is 15.1 Å². The van der Waals surface area contributed by atoms with Crippen LogP contribution >= 0.6 is 22.9 Å². The minimum Gasteiger partial charge on any atom is -0.258 e. The van der Waals surface area contributed by atoms with Crippen LogP contribution in [0.15, 0.2) is 42.5 Å². The molecule has 1 aromatic heterocycles. The van der Waals surface area contributed by atoms with Crippen molar-refractivity contribution in [3.05, 3.63) is 68.2 Å². The summed E-state index contributed by atoms with van der Waals surface area (Å²) < 4.78 is 0.916. The fourth-order valence-corrected chi connectivity index (χ4v) is 2.94. The highest BCUT2D eigenvalue weighted by Gasteiger charge is 2.09. The number of hydrogen-bond donors (Lipinski definition) is 0. The average Bonchev–Trinajstić information content (AvgIpc) is 2.88. The summed E-state index contributed by atoms with van der Waals surface area (Å²) in [6.45, 7) is 0. The molecule has 0 aliphatic carbocycles. The first kappa shape index (κ1) is 13.7. The first-order valence-electron chi connectivity index (χ1n) is 6.11. The molecule has 1 heterocycles. The topological polar surface area (TPSA) is 56.0 Å². The molecule has 6 heteroatoms. The van der Waals surface area contributed by atoms with E-state index in [1.54, 1.807) is 6.07 Å². The summed E-state index contributed by atoms with van der Waals surface area (Å²) in [5, 5.41) is 12.2. The number of hydrogen-bond acceptors (Lipinski definition) is 4. The van der Waals surface area contributed by atoms with Gasteiger partial charge in [-0.25, -0.2) is 4.98 Å². The highest BCUT2D eigenvalue weighted by molar-refractivity contribution is 7.19. The van der Waals surface area contributed by atoms with Gasteiger partial charge in [0.25, 0.3) is 5.69 Å². The van der Waals surface area contributed by atoms with Gasteiger partial charge in [0.2, 0.25) is 0 Å². The zero-order chi connectivity index (χ0) is 14.8. The lowest BCUT2D eigenvalue weighted by Gasteiger charge is -1.94. The van der Waals surface area contributed by atoms with Crippen LogP contribution in [0.1, 0.15) is 10.6 Å². The molecule has 3 rings (SSSR count). The van der Waals surface area contributed by atoms with Crippen LogP contribution in [0.5, 0.6) is 0 Å². The number of thiazole rings is 1. The zero-order valence-corrected chi connectivity index (χ0v) is 12.3. The van der Waals surface area contributed by atoms with Crippen LogP contribution in [0.25, 0.3) is 22.4 Å². The minimum atomic E-state index is -0.419. The molecule has 21 heavy (non-hydrogen) atoms. The van der Waals surface area contributed by atoms with Crippen molar-refractivity contribution >= 4 is 51.0 Å². The molecule has 0 aliphatic heterocycles. The highest BCUT2D eigenvalue weighted by Crippen LogP contribution is 2.27. The van der Waals surface area contributed by atoms with Gasteiger partial charge in [-0.3, -0.25) is 10.1 Å². The van der Waals surface area contributed by atoms with Crippen molar-refractivity contribution < 1.29 is 4.92 Å². The summed E-state index contributed by atoms with van der Waals surface area (Å²) in [6, 6.07) is 12.2. The third-order valence-electron chi connectivity index (χ3n) is 2.91. The summed E-state index contributed by atoms with van der Waals surface area (Å²) >= 11 is 7.56. The van der Waals surface area contributed by atoms with E-state index in [0.29, 0.717) is 10.5 Å². The van der Waals surface area contributed by atoms with Crippen molar-refractivity contribution in [2.75, 3.05) is 0 Å². The van der Waals surface area contributed by atoms with E-state index in [9.17, 15) is 10.1 Å². The monoisotopic (exact) mass is 316 g/mol. The number of benzene rings is 2. The number of nitro benzene ring substituents is 1. The van der Waals surface area contributed by atoms with Crippen molar-refractivity contribution in [1.29, 1.82) is 0 Å². The molecule has 0 fully saturated rings. The van der Waals surface area contributed by atoms with Crippen molar-refractivity contribution in [1.82, 2.24) is 4.98 Å². The van der Waals surface area contributed by atoms with E-state index in [2.05, 4.69) is 4.98 Å². The molecule has 0 saturated heterocycles. The number of non-ortho nitro benzene ring substituents is 1. The lowest BCUT2D eigenvalue weighted by atomic mass is 10.2. The van der Waals surface area contributed by atoms with E-state index in [0.717, 1.165) is 15.3 Å². The Morgan fingerprint density at radius 1 is 1.19 bits per heavy atom. The maximum atomic E-state index is 10.8. The molecule has 104 valence electrons. The highest BCUT2D eigenvalue weighted by atomic mass is 35.5. The normalized spacial score (nSPS) is 11.3. The molecule has 2 aromatic carbocycles. The standard InChI is InChI=1S/C15H9ClN2O2S/c16-12-4-2-1-3-10(12)5-8-15-17-13-9-11(18(19)20)6-7-14(13)21-15/h1-9H/b8-5+. The number of rotatable bonds is 3. The van der Waals surface area contributed by atoms with Gasteiger partial charge in [-0.05, 0) is 23.8 Å². The number of aromatic nitrogens is 1. The van der Waals surface area contributed by atoms with E-state index in [4.69, 9.17) is 11.6 Å². The number of halogens is 1. The molecule has 4 nitrogen and oxygen atoms in total. The maximum Gasteiger partial charge on any atom is 0.271 e. The SMILES string of the molecule is O=[N+]([O-])c1ccc2sc(/C=C/c3ccccc3Cl)nc2c1. The molecular formula is C15H9ClN2O2S. The summed E-state index contributed by atoms with van der Waals surface area (Å²) in [6.07, 6.45) is 3.74. The van der Waals surface area contributed by atoms with Crippen LogP contribution < -0.4 is 0 Å². The van der Waals surface area contributed by atoms with Gasteiger partial charge in [0.15, 0.2) is 0 Å². The average molecular weight is 317 g/mol. The van der Waals surface area contributed by atoms with Crippen molar-refractivity contribution in [2.24, 2.45) is 0 Å². The second-order valence-corrected chi connectivity index (χ2v) is 5.79. The molecule has 0 bridgehead atoms. The van der Waals surface area contributed by atoms with E-state index in [1.807, 2.05) is 36.4 Å². The summed E-state index contributed by atoms with van der Waals surface area (Å²) in [5.74, 6) is 0. The van der Waals surface area contributed by atoms with Crippen LogP contribution in [0.3, 0.4) is 0 Å². The van der Waals surface area contributed by atoms with E-state index >= 15 is 0 Å². The molecule has 0 atom stereocenters. The Hall–Kier alpha value is -2.24. The molecular weight excluding hydrogens is 308 g/mol. The second-order valence-electron chi connectivity index (χ2n) is 4.32. The summed E-state index contributed by atoms with van der Waals surface area (Å²) in [7, 11) is 0. The van der Waals surface area contributed by atoms with E-state index < -0.39 is 4.92 Å². The third-order valence-corrected chi connectivity index (χ3v) is 4.26. The summed E-state index contributed by atoms with van der Waals surface area (Å²) in [5.41, 5.74) is 1.59. The molecule has 3 aromatic rings.